The van der Waals surface area contributed by atoms with Gasteiger partial charge in [0.2, 0.25) is 5.88 Å². The molecule has 10 nitrogen and oxygen atoms in total. The van der Waals surface area contributed by atoms with Crippen molar-refractivity contribution in [3.8, 4) is 5.88 Å². The molecule has 4 heterocycles. The third kappa shape index (κ3) is 5.99. The maximum absolute atomic E-state index is 12.3. The van der Waals surface area contributed by atoms with Gasteiger partial charge in [0.25, 0.3) is 0 Å². The van der Waals surface area contributed by atoms with Crippen LogP contribution in [0.15, 0.2) is 30.6 Å². The summed E-state index contributed by atoms with van der Waals surface area (Å²) in [7, 11) is -3.20. The highest BCUT2D eigenvalue weighted by Gasteiger charge is 2.32. The van der Waals surface area contributed by atoms with Crippen LogP contribution in [0.2, 0.25) is 0 Å². The van der Waals surface area contributed by atoms with E-state index in [1.54, 1.807) is 51.4 Å². The van der Waals surface area contributed by atoms with Gasteiger partial charge in [0, 0.05) is 36.6 Å². The van der Waals surface area contributed by atoms with Crippen molar-refractivity contribution in [3.05, 3.63) is 47.4 Å². The molecule has 2 N–H and O–H groups in total. The number of fused-ring (bicyclic) bond motifs is 2. The van der Waals surface area contributed by atoms with Crippen molar-refractivity contribution in [3.63, 3.8) is 0 Å². The molecule has 1 aliphatic rings. The zero-order valence-electron chi connectivity index (χ0n) is 23.3. The Hall–Kier alpha value is -3.31. The van der Waals surface area contributed by atoms with Crippen LogP contribution in [0.25, 0.3) is 10.8 Å². The number of aromatic nitrogens is 3. The second-order valence-corrected chi connectivity index (χ2v) is 13.1. The summed E-state index contributed by atoms with van der Waals surface area (Å²) >= 11 is 0. The minimum absolute atomic E-state index is 0.0616. The minimum Gasteiger partial charge on any atom is -0.474 e. The van der Waals surface area contributed by atoms with E-state index < -0.39 is 26.8 Å². The topological polar surface area (TPSA) is 141 Å². The lowest BCUT2D eigenvalue weighted by atomic mass is 9.91. The van der Waals surface area contributed by atoms with Crippen LogP contribution in [0.1, 0.15) is 81.9 Å². The predicted molar refractivity (Wildman–Crippen MR) is 149 cm³/mol. The fraction of sp³-hybridized carbons (Fsp3) is 0.500. The Morgan fingerprint density at radius 3 is 2.54 bits per heavy atom. The second-order valence-electron chi connectivity index (χ2n) is 10.7. The third-order valence-electron chi connectivity index (χ3n) is 7.54. The number of carbonyl (C=O) groups is 1. The summed E-state index contributed by atoms with van der Waals surface area (Å²) in [5.41, 5.74) is 0.565. The Balaban J connectivity index is 1.71. The summed E-state index contributed by atoms with van der Waals surface area (Å²) in [6, 6.07) is 5.19. The summed E-state index contributed by atoms with van der Waals surface area (Å²) in [5, 5.41) is 15.1. The molecule has 3 aromatic rings. The molecule has 0 saturated heterocycles. The maximum atomic E-state index is 12.3. The lowest BCUT2D eigenvalue weighted by Crippen LogP contribution is -2.29. The van der Waals surface area contributed by atoms with Gasteiger partial charge in [0.1, 0.15) is 27.6 Å². The summed E-state index contributed by atoms with van der Waals surface area (Å²) in [5.74, 6) is 0.866. The maximum Gasteiger partial charge on any atom is 0.340 e. The van der Waals surface area contributed by atoms with Crippen LogP contribution < -0.4 is 10.1 Å². The number of rotatable bonds is 9. The smallest absolute Gasteiger partial charge is 0.340 e. The summed E-state index contributed by atoms with van der Waals surface area (Å²) in [6.45, 7) is 10.9. The highest BCUT2D eigenvalue weighted by Crippen LogP contribution is 2.36. The molecule has 3 aromatic heterocycles. The molecule has 0 amide bonds. The van der Waals surface area contributed by atoms with E-state index in [1.807, 2.05) is 20.8 Å². The van der Waals surface area contributed by atoms with Gasteiger partial charge in [-0.2, -0.15) is 0 Å². The predicted octanol–water partition coefficient (Wildman–Crippen LogP) is 4.64. The molecule has 11 heteroatoms. The van der Waals surface area contributed by atoms with E-state index in [4.69, 9.17) is 9.47 Å². The zero-order chi connectivity index (χ0) is 28.7. The van der Waals surface area contributed by atoms with Crippen molar-refractivity contribution in [1.82, 2.24) is 15.0 Å². The SMILES string of the molecule is CCC(C)(O)c1cnc(O[C@H](C)C[C@@H](C)S(C)(=O)=O)c2cnc(Nc3ccc4c(n3)[C@@H](C)[C@H](C)OC4=O)cc12. The molecule has 0 radical (unpaired) electrons. The Kier molecular flexibility index (Phi) is 7.86. The van der Waals surface area contributed by atoms with Gasteiger partial charge in [-0.15, -0.1) is 0 Å². The first kappa shape index (κ1) is 28.7. The van der Waals surface area contributed by atoms with E-state index in [0.29, 0.717) is 58.0 Å². The quantitative estimate of drug-likeness (QED) is 0.358. The van der Waals surface area contributed by atoms with E-state index in [2.05, 4.69) is 20.3 Å². The minimum atomic E-state index is -3.20. The second kappa shape index (κ2) is 10.7. The fourth-order valence-electron chi connectivity index (χ4n) is 4.53. The highest BCUT2D eigenvalue weighted by atomic mass is 32.2. The van der Waals surface area contributed by atoms with Gasteiger partial charge in [-0.25, -0.2) is 28.2 Å². The number of nitrogens with zero attached hydrogens (tertiary/aromatic N) is 3. The van der Waals surface area contributed by atoms with Gasteiger partial charge in [-0.3, -0.25) is 0 Å². The highest BCUT2D eigenvalue weighted by molar-refractivity contribution is 7.91. The number of carbonyl (C=O) groups excluding carboxylic acids is 1. The van der Waals surface area contributed by atoms with Crippen molar-refractivity contribution in [2.24, 2.45) is 0 Å². The Morgan fingerprint density at radius 1 is 1.15 bits per heavy atom. The average molecular weight is 557 g/mol. The van der Waals surface area contributed by atoms with Crippen molar-refractivity contribution in [2.45, 2.75) is 83.4 Å². The Bertz CT molecular complexity index is 1510. The molecule has 1 unspecified atom stereocenters. The summed E-state index contributed by atoms with van der Waals surface area (Å²) in [6.07, 6.45) is 4.47. The van der Waals surface area contributed by atoms with Crippen LogP contribution in [0, 0.1) is 0 Å². The van der Waals surface area contributed by atoms with E-state index >= 15 is 0 Å². The fourth-order valence-corrected chi connectivity index (χ4v) is 5.15. The van der Waals surface area contributed by atoms with Gasteiger partial charge in [-0.05, 0) is 57.7 Å². The lowest BCUT2D eigenvalue weighted by molar-refractivity contribution is 0.0235. The van der Waals surface area contributed by atoms with Crippen molar-refractivity contribution in [1.29, 1.82) is 0 Å². The van der Waals surface area contributed by atoms with Crippen LogP contribution in [-0.4, -0.2) is 58.2 Å². The molecule has 5 atom stereocenters. The number of hydrogen-bond acceptors (Lipinski definition) is 10. The van der Waals surface area contributed by atoms with Crippen LogP contribution in [0.3, 0.4) is 0 Å². The number of anilines is 2. The Labute approximate surface area is 229 Å². The van der Waals surface area contributed by atoms with Gasteiger partial charge in [-0.1, -0.05) is 13.8 Å². The van der Waals surface area contributed by atoms with E-state index in [9.17, 15) is 18.3 Å². The Morgan fingerprint density at radius 2 is 1.87 bits per heavy atom. The number of aliphatic hydroxyl groups is 1. The van der Waals surface area contributed by atoms with Crippen molar-refractivity contribution >= 4 is 38.2 Å². The molecule has 39 heavy (non-hydrogen) atoms. The monoisotopic (exact) mass is 556 g/mol. The molecular formula is C28H36N4O6S. The average Bonchev–Trinajstić information content (AvgIpc) is 2.86. The number of ether oxygens (including phenoxy) is 2. The van der Waals surface area contributed by atoms with Crippen LogP contribution in [-0.2, 0) is 20.2 Å². The number of hydrogen-bond donors (Lipinski definition) is 2. The van der Waals surface area contributed by atoms with Crippen molar-refractivity contribution < 1.29 is 27.8 Å². The number of cyclic esters (lactones) is 1. The standard InChI is InChI=1S/C28H36N4O6S/c1-8-28(6,34)22-14-30-26(37-15(2)11-16(3)39(7,35)36)21-13-29-24(12-20(21)22)31-23-10-9-19-25(32-23)17(4)18(5)38-27(19)33/h9-10,12-18,34H,8,11H2,1-7H3,(H,29,31,32)/t15-,16-,17+,18+,28?/m1/s1. The number of pyridine rings is 3. The van der Waals surface area contributed by atoms with Gasteiger partial charge >= 0.3 is 5.97 Å². The zero-order valence-corrected chi connectivity index (χ0v) is 24.2. The molecule has 4 rings (SSSR count). The molecular weight excluding hydrogens is 520 g/mol. The van der Waals surface area contributed by atoms with Crippen LogP contribution in [0.5, 0.6) is 5.88 Å². The van der Waals surface area contributed by atoms with Gasteiger partial charge in [0.05, 0.1) is 33.6 Å². The van der Waals surface area contributed by atoms with E-state index in [0.717, 1.165) is 0 Å². The van der Waals surface area contributed by atoms with Crippen LogP contribution >= 0.6 is 0 Å². The van der Waals surface area contributed by atoms with Gasteiger partial charge < -0.3 is 19.9 Å². The normalized spacial score (nSPS) is 20.5. The molecule has 0 spiro atoms. The molecule has 0 aliphatic carbocycles. The third-order valence-corrected chi connectivity index (χ3v) is 9.20. The first-order chi connectivity index (χ1) is 18.2. The summed E-state index contributed by atoms with van der Waals surface area (Å²) in [4.78, 5) is 25.9. The number of sulfone groups is 1. The molecule has 210 valence electrons. The molecule has 0 bridgehead atoms. The summed E-state index contributed by atoms with van der Waals surface area (Å²) < 4.78 is 35.2. The number of nitrogens with one attached hydrogen (secondary N) is 1. The lowest BCUT2D eigenvalue weighted by Gasteiger charge is -2.27. The van der Waals surface area contributed by atoms with Crippen molar-refractivity contribution in [2.75, 3.05) is 11.6 Å². The molecule has 1 aliphatic heterocycles. The van der Waals surface area contributed by atoms with Crippen LogP contribution in [0.4, 0.5) is 11.6 Å². The van der Waals surface area contributed by atoms with Gasteiger partial charge in [0.15, 0.2) is 0 Å². The first-order valence-electron chi connectivity index (χ1n) is 13.1. The van der Waals surface area contributed by atoms with E-state index in [-0.39, 0.29) is 18.0 Å². The largest absolute Gasteiger partial charge is 0.474 e. The molecule has 0 saturated carbocycles. The number of esters is 1. The van der Waals surface area contributed by atoms with E-state index in [1.165, 1.54) is 6.26 Å². The first-order valence-corrected chi connectivity index (χ1v) is 15.0. The molecule has 0 aromatic carbocycles. The molecule has 0 fully saturated rings.